The van der Waals surface area contributed by atoms with Crippen LogP contribution in [0.15, 0.2) is 18.3 Å². The molecule has 82 valence electrons. The van der Waals surface area contributed by atoms with Crippen molar-refractivity contribution in [2.75, 3.05) is 25.2 Å². The van der Waals surface area contributed by atoms with Crippen molar-refractivity contribution < 1.29 is 9.84 Å². The number of pyridine rings is 1. The van der Waals surface area contributed by atoms with Crippen molar-refractivity contribution in [3.8, 4) is 5.75 Å². The molecule has 0 unspecified atom stereocenters. The van der Waals surface area contributed by atoms with E-state index >= 15 is 0 Å². The van der Waals surface area contributed by atoms with E-state index in [2.05, 4.69) is 9.88 Å². The molecule has 1 aromatic rings. The second kappa shape index (κ2) is 4.49. The molecule has 15 heavy (non-hydrogen) atoms. The first-order valence-corrected chi connectivity index (χ1v) is 5.23. The highest BCUT2D eigenvalue weighted by Crippen LogP contribution is 2.34. The van der Waals surface area contributed by atoms with E-state index in [0.29, 0.717) is 12.6 Å². The largest absolute Gasteiger partial charge is 0.493 e. The van der Waals surface area contributed by atoms with Gasteiger partial charge in [-0.05, 0) is 25.0 Å². The van der Waals surface area contributed by atoms with E-state index < -0.39 is 0 Å². The van der Waals surface area contributed by atoms with Gasteiger partial charge in [-0.2, -0.15) is 0 Å². The summed E-state index contributed by atoms with van der Waals surface area (Å²) in [5.74, 6) is 1.62. The van der Waals surface area contributed by atoms with Crippen molar-refractivity contribution in [2.24, 2.45) is 0 Å². The Hall–Kier alpha value is -1.29. The maximum Gasteiger partial charge on any atom is 0.171 e. The number of methoxy groups -OCH3 is 1. The van der Waals surface area contributed by atoms with Crippen LogP contribution in [-0.2, 0) is 0 Å². The van der Waals surface area contributed by atoms with Crippen molar-refractivity contribution in [3.63, 3.8) is 0 Å². The van der Waals surface area contributed by atoms with Gasteiger partial charge in [0, 0.05) is 18.8 Å². The SMILES string of the molecule is COc1cccnc1N(CCO)C1CC1. The molecule has 0 spiro atoms. The van der Waals surface area contributed by atoms with Crippen LogP contribution in [-0.4, -0.2) is 36.4 Å². The molecule has 0 aliphatic heterocycles. The highest BCUT2D eigenvalue weighted by atomic mass is 16.5. The number of aliphatic hydroxyl groups is 1. The van der Waals surface area contributed by atoms with E-state index in [1.165, 1.54) is 12.8 Å². The Bertz CT molecular complexity index is 326. The van der Waals surface area contributed by atoms with Gasteiger partial charge >= 0.3 is 0 Å². The summed E-state index contributed by atoms with van der Waals surface area (Å²) in [5, 5.41) is 9.03. The van der Waals surface area contributed by atoms with Gasteiger partial charge in [0.25, 0.3) is 0 Å². The van der Waals surface area contributed by atoms with Crippen molar-refractivity contribution in [1.29, 1.82) is 0 Å². The zero-order chi connectivity index (χ0) is 10.7. The van der Waals surface area contributed by atoms with Crippen LogP contribution in [0.2, 0.25) is 0 Å². The summed E-state index contributed by atoms with van der Waals surface area (Å²) in [6.45, 7) is 0.772. The average Bonchev–Trinajstić information content (AvgIpc) is 3.10. The van der Waals surface area contributed by atoms with Crippen LogP contribution in [0.4, 0.5) is 5.82 Å². The van der Waals surface area contributed by atoms with Crippen molar-refractivity contribution in [1.82, 2.24) is 4.98 Å². The fourth-order valence-corrected chi connectivity index (χ4v) is 1.71. The van der Waals surface area contributed by atoms with Crippen LogP contribution in [0, 0.1) is 0 Å². The highest BCUT2D eigenvalue weighted by molar-refractivity contribution is 5.53. The van der Waals surface area contributed by atoms with Crippen LogP contribution >= 0.6 is 0 Å². The Balaban J connectivity index is 2.23. The van der Waals surface area contributed by atoms with Gasteiger partial charge in [-0.15, -0.1) is 0 Å². The van der Waals surface area contributed by atoms with Crippen LogP contribution in [0.25, 0.3) is 0 Å². The van der Waals surface area contributed by atoms with Gasteiger partial charge in [0.15, 0.2) is 11.6 Å². The summed E-state index contributed by atoms with van der Waals surface area (Å²) in [6.07, 6.45) is 4.12. The van der Waals surface area contributed by atoms with Gasteiger partial charge in [0.05, 0.1) is 13.7 Å². The second-order valence-electron chi connectivity index (χ2n) is 3.68. The molecule has 0 amide bonds. The van der Waals surface area contributed by atoms with E-state index in [1.807, 2.05) is 12.1 Å². The molecule has 4 nitrogen and oxygen atoms in total. The van der Waals surface area contributed by atoms with Crippen LogP contribution in [0.5, 0.6) is 5.75 Å². The number of rotatable bonds is 5. The standard InChI is InChI=1S/C11H16N2O2/c1-15-10-3-2-6-12-11(10)13(7-8-14)9-4-5-9/h2-3,6,9,14H,4-5,7-8H2,1H3. The van der Waals surface area contributed by atoms with Gasteiger partial charge in [-0.3, -0.25) is 0 Å². The van der Waals surface area contributed by atoms with Gasteiger partial charge in [0.2, 0.25) is 0 Å². The maximum absolute atomic E-state index is 9.03. The summed E-state index contributed by atoms with van der Waals surface area (Å²) >= 11 is 0. The minimum atomic E-state index is 0.149. The Morgan fingerprint density at radius 3 is 3.00 bits per heavy atom. The first-order valence-electron chi connectivity index (χ1n) is 5.23. The van der Waals surface area contributed by atoms with Gasteiger partial charge in [-0.1, -0.05) is 0 Å². The van der Waals surface area contributed by atoms with Crippen molar-refractivity contribution in [3.05, 3.63) is 18.3 Å². The molecule has 0 saturated heterocycles. The van der Waals surface area contributed by atoms with E-state index in [-0.39, 0.29) is 6.61 Å². The molecule has 1 aliphatic rings. The average molecular weight is 208 g/mol. The number of hydrogen-bond donors (Lipinski definition) is 1. The fourth-order valence-electron chi connectivity index (χ4n) is 1.71. The van der Waals surface area contributed by atoms with Crippen molar-refractivity contribution >= 4 is 5.82 Å². The monoisotopic (exact) mass is 208 g/mol. The van der Waals surface area contributed by atoms with Crippen LogP contribution < -0.4 is 9.64 Å². The molecule has 1 N–H and O–H groups in total. The van der Waals surface area contributed by atoms with E-state index in [4.69, 9.17) is 9.84 Å². The topological polar surface area (TPSA) is 45.6 Å². The third-order valence-electron chi connectivity index (χ3n) is 2.57. The lowest BCUT2D eigenvalue weighted by atomic mass is 10.3. The minimum Gasteiger partial charge on any atom is -0.493 e. The number of anilines is 1. The molecular weight excluding hydrogens is 192 g/mol. The predicted octanol–water partition coefficient (Wildman–Crippen LogP) is 1.05. The van der Waals surface area contributed by atoms with Crippen molar-refractivity contribution in [2.45, 2.75) is 18.9 Å². The summed E-state index contributed by atoms with van der Waals surface area (Å²) < 4.78 is 5.26. The number of ether oxygens (including phenoxy) is 1. The molecule has 1 fully saturated rings. The van der Waals surface area contributed by atoms with E-state index in [1.54, 1.807) is 13.3 Å². The highest BCUT2D eigenvalue weighted by Gasteiger charge is 2.31. The molecule has 1 saturated carbocycles. The lowest BCUT2D eigenvalue weighted by Crippen LogP contribution is -2.30. The maximum atomic E-state index is 9.03. The molecule has 0 bridgehead atoms. The van der Waals surface area contributed by atoms with Gasteiger partial charge < -0.3 is 14.7 Å². The number of nitrogens with zero attached hydrogens (tertiary/aromatic N) is 2. The number of aromatic nitrogens is 1. The van der Waals surface area contributed by atoms with Crippen LogP contribution in [0.3, 0.4) is 0 Å². The first kappa shape index (κ1) is 10.2. The molecule has 1 heterocycles. The minimum absolute atomic E-state index is 0.149. The van der Waals surface area contributed by atoms with E-state index in [9.17, 15) is 0 Å². The zero-order valence-corrected chi connectivity index (χ0v) is 8.89. The lowest BCUT2D eigenvalue weighted by molar-refractivity contribution is 0.300. The molecule has 0 atom stereocenters. The second-order valence-corrected chi connectivity index (χ2v) is 3.68. The number of hydrogen-bond acceptors (Lipinski definition) is 4. The Morgan fingerprint density at radius 2 is 2.40 bits per heavy atom. The Kier molecular flexibility index (Phi) is 3.06. The summed E-state index contributed by atoms with van der Waals surface area (Å²) in [7, 11) is 1.64. The fraction of sp³-hybridized carbons (Fsp3) is 0.545. The Morgan fingerprint density at radius 1 is 1.60 bits per heavy atom. The quantitative estimate of drug-likeness (QED) is 0.785. The smallest absolute Gasteiger partial charge is 0.171 e. The molecular formula is C11H16N2O2. The molecule has 1 aromatic heterocycles. The predicted molar refractivity (Wildman–Crippen MR) is 58.2 cm³/mol. The molecule has 0 radical (unpaired) electrons. The van der Waals surface area contributed by atoms with Gasteiger partial charge in [-0.25, -0.2) is 4.98 Å². The lowest BCUT2D eigenvalue weighted by Gasteiger charge is -2.23. The van der Waals surface area contributed by atoms with Gasteiger partial charge in [0.1, 0.15) is 0 Å². The number of aliphatic hydroxyl groups excluding tert-OH is 1. The first-order chi connectivity index (χ1) is 7.36. The third kappa shape index (κ3) is 2.21. The Labute approximate surface area is 89.5 Å². The summed E-state index contributed by atoms with van der Waals surface area (Å²) in [5.41, 5.74) is 0. The molecule has 0 aromatic carbocycles. The zero-order valence-electron chi connectivity index (χ0n) is 8.89. The summed E-state index contributed by atoms with van der Waals surface area (Å²) in [4.78, 5) is 6.44. The molecule has 4 heteroatoms. The van der Waals surface area contributed by atoms with E-state index in [0.717, 1.165) is 11.6 Å². The van der Waals surface area contributed by atoms with Crippen LogP contribution in [0.1, 0.15) is 12.8 Å². The normalized spacial score (nSPS) is 15.1. The summed E-state index contributed by atoms with van der Waals surface area (Å²) in [6, 6.07) is 4.28. The molecule has 2 rings (SSSR count). The molecule has 1 aliphatic carbocycles. The third-order valence-corrected chi connectivity index (χ3v) is 2.57.